The van der Waals surface area contributed by atoms with Gasteiger partial charge in [-0.1, -0.05) is 43.7 Å². The lowest BCUT2D eigenvalue weighted by Gasteiger charge is -2.34. The standard InChI is InChI=1S/C20H23ClN2O2.C8H10F3NO5S/c1-13-5-8-18(23(12-13)19(24)25-20(2,3)4)15-7-6-14-9-16(21)11-22-17(14)10-15;1-5-2-3-6(12(4-5)7(13)14)17-18(15,16)8(9,10)11/h6-11,13H,5,12H2,1-4H3;3,5H,2,4H2,1H3,(H,13,14)/t13-;5-/m00/s1. The van der Waals surface area contributed by atoms with Crippen molar-refractivity contribution in [2.45, 2.75) is 58.6 Å². The Hall–Kier alpha value is -3.52. The molecule has 2 aliphatic heterocycles. The Balaban J connectivity index is 0.000000250. The van der Waals surface area contributed by atoms with Gasteiger partial charge < -0.3 is 14.0 Å². The molecular formula is C28H33ClF3N3O7S. The van der Waals surface area contributed by atoms with Gasteiger partial charge in [0.25, 0.3) is 0 Å². The summed E-state index contributed by atoms with van der Waals surface area (Å²) in [7, 11) is -5.85. The van der Waals surface area contributed by atoms with Crippen LogP contribution < -0.4 is 0 Å². The maximum absolute atomic E-state index is 12.7. The number of hydrogen-bond donors (Lipinski definition) is 1. The van der Waals surface area contributed by atoms with Crippen LogP contribution in [0.15, 0.2) is 48.5 Å². The highest BCUT2D eigenvalue weighted by Gasteiger charge is 2.50. The summed E-state index contributed by atoms with van der Waals surface area (Å²) in [5.41, 5.74) is -3.43. The lowest BCUT2D eigenvalue weighted by atomic mass is 9.98. The van der Waals surface area contributed by atoms with Crippen LogP contribution in [0.2, 0.25) is 5.02 Å². The van der Waals surface area contributed by atoms with E-state index in [9.17, 15) is 31.2 Å². The number of halogens is 4. The summed E-state index contributed by atoms with van der Waals surface area (Å²) in [6, 6.07) is 7.86. The molecule has 0 spiro atoms. The first-order chi connectivity index (χ1) is 19.8. The number of hydrogen-bond acceptors (Lipinski definition) is 7. The maximum atomic E-state index is 12.7. The molecule has 236 valence electrons. The molecule has 0 radical (unpaired) electrons. The van der Waals surface area contributed by atoms with Gasteiger partial charge in [-0.25, -0.2) is 14.5 Å². The molecule has 2 amide bonds. The summed E-state index contributed by atoms with van der Waals surface area (Å²) >= 11 is 6.01. The second-order valence-electron chi connectivity index (χ2n) is 11.3. The monoisotopic (exact) mass is 647 g/mol. The fraction of sp³-hybridized carbons (Fsp3) is 0.464. The molecule has 1 aromatic carbocycles. The van der Waals surface area contributed by atoms with E-state index in [0.717, 1.165) is 34.7 Å². The smallest absolute Gasteiger partial charge is 0.465 e. The van der Waals surface area contributed by atoms with Gasteiger partial charge in [0.1, 0.15) is 5.60 Å². The molecule has 2 aliphatic rings. The molecule has 1 N–H and O–H groups in total. The number of carboxylic acid groups (broad SMARTS) is 1. The molecule has 2 aromatic rings. The molecule has 0 saturated carbocycles. The van der Waals surface area contributed by atoms with Crippen LogP contribution in [0.1, 0.15) is 53.0 Å². The van der Waals surface area contributed by atoms with Crippen molar-refractivity contribution in [1.29, 1.82) is 0 Å². The average molecular weight is 648 g/mol. The zero-order chi connectivity index (χ0) is 32.3. The van der Waals surface area contributed by atoms with Crippen molar-refractivity contribution >= 4 is 50.5 Å². The topological polar surface area (TPSA) is 126 Å². The van der Waals surface area contributed by atoms with Crippen molar-refractivity contribution in [2.75, 3.05) is 13.1 Å². The minimum Gasteiger partial charge on any atom is -0.465 e. The molecule has 4 rings (SSSR count). The Kier molecular flexibility index (Phi) is 10.3. The predicted octanol–water partition coefficient (Wildman–Crippen LogP) is 7.22. The highest BCUT2D eigenvalue weighted by atomic mass is 35.5. The van der Waals surface area contributed by atoms with Gasteiger partial charge in [-0.3, -0.25) is 9.88 Å². The van der Waals surface area contributed by atoms with E-state index in [0.29, 0.717) is 22.4 Å². The van der Waals surface area contributed by atoms with Crippen LogP contribution in [0.3, 0.4) is 0 Å². The fourth-order valence-electron chi connectivity index (χ4n) is 4.22. The summed E-state index contributed by atoms with van der Waals surface area (Å²) in [5.74, 6) is -0.575. The minimum atomic E-state index is -5.85. The third kappa shape index (κ3) is 8.99. The van der Waals surface area contributed by atoms with Gasteiger partial charge in [0.05, 0.1) is 16.2 Å². The molecule has 0 aliphatic carbocycles. The second kappa shape index (κ2) is 13.0. The first-order valence-electron chi connectivity index (χ1n) is 13.2. The number of carbonyl (C=O) groups excluding carboxylic acids is 1. The SMILES string of the molecule is C[C@H]1CC=C(OS(=O)(=O)C(F)(F)F)N(C(=O)O)C1.C[C@H]1CC=C(c2ccc3cc(Cl)cnc3c2)N(C(=O)OC(C)(C)C)C1. The van der Waals surface area contributed by atoms with Crippen molar-refractivity contribution in [3.63, 3.8) is 0 Å². The third-order valence-electron chi connectivity index (χ3n) is 6.22. The normalized spacial score (nSPS) is 19.6. The zero-order valence-corrected chi connectivity index (χ0v) is 25.8. The van der Waals surface area contributed by atoms with Crippen molar-refractivity contribution in [1.82, 2.24) is 14.8 Å². The molecule has 3 heterocycles. The summed E-state index contributed by atoms with van der Waals surface area (Å²) < 4.78 is 67.2. The molecule has 10 nitrogen and oxygen atoms in total. The van der Waals surface area contributed by atoms with Gasteiger partial charge >= 0.3 is 27.8 Å². The van der Waals surface area contributed by atoms with E-state index < -0.39 is 33.2 Å². The summed E-state index contributed by atoms with van der Waals surface area (Å²) in [4.78, 5) is 30.0. The van der Waals surface area contributed by atoms with Crippen molar-refractivity contribution in [2.24, 2.45) is 11.8 Å². The van der Waals surface area contributed by atoms with Gasteiger partial charge in [-0.15, -0.1) is 0 Å². The van der Waals surface area contributed by atoms with Gasteiger partial charge in [-0.2, -0.15) is 21.6 Å². The Morgan fingerprint density at radius 1 is 1.02 bits per heavy atom. The van der Waals surface area contributed by atoms with Gasteiger partial charge in [0, 0.05) is 30.2 Å². The quantitative estimate of drug-likeness (QED) is 0.273. The number of fused-ring (bicyclic) bond motifs is 1. The first kappa shape index (κ1) is 34.0. The molecule has 43 heavy (non-hydrogen) atoms. The molecular weight excluding hydrogens is 615 g/mol. The van der Waals surface area contributed by atoms with Crippen LogP contribution >= 0.6 is 11.6 Å². The number of ether oxygens (including phenoxy) is 1. The number of aromatic nitrogens is 1. The molecule has 0 saturated heterocycles. The number of allylic oxidation sites excluding steroid dienone is 2. The van der Waals surface area contributed by atoms with Gasteiger partial charge in [-0.05, 0) is 63.7 Å². The van der Waals surface area contributed by atoms with Gasteiger partial charge in [0.15, 0.2) is 0 Å². The van der Waals surface area contributed by atoms with Crippen LogP contribution in [0.5, 0.6) is 0 Å². The van der Waals surface area contributed by atoms with Crippen LogP contribution in [-0.4, -0.2) is 64.7 Å². The molecule has 0 unspecified atom stereocenters. The zero-order valence-electron chi connectivity index (χ0n) is 24.2. The number of nitrogens with zero attached hydrogens (tertiary/aromatic N) is 3. The number of carbonyl (C=O) groups is 2. The summed E-state index contributed by atoms with van der Waals surface area (Å²) in [5, 5.41) is 10.3. The second-order valence-corrected chi connectivity index (χ2v) is 13.3. The Bertz CT molecular complexity index is 1540. The highest BCUT2D eigenvalue weighted by molar-refractivity contribution is 7.87. The van der Waals surface area contributed by atoms with Crippen molar-refractivity contribution < 1.29 is 45.2 Å². The van der Waals surface area contributed by atoms with Crippen molar-refractivity contribution in [3.8, 4) is 0 Å². The van der Waals surface area contributed by atoms with Crippen LogP contribution in [0, 0.1) is 11.8 Å². The van der Waals surface area contributed by atoms with E-state index in [1.807, 2.05) is 45.0 Å². The van der Waals surface area contributed by atoms with E-state index in [1.54, 1.807) is 18.0 Å². The fourth-order valence-corrected chi connectivity index (χ4v) is 4.87. The lowest BCUT2D eigenvalue weighted by Crippen LogP contribution is -2.39. The average Bonchev–Trinajstić information content (AvgIpc) is 2.88. The number of pyridine rings is 1. The predicted molar refractivity (Wildman–Crippen MR) is 154 cm³/mol. The molecule has 0 bridgehead atoms. The van der Waals surface area contributed by atoms with E-state index >= 15 is 0 Å². The number of rotatable bonds is 3. The largest absolute Gasteiger partial charge is 0.534 e. The van der Waals surface area contributed by atoms with E-state index in [1.165, 1.54) is 0 Å². The number of amides is 2. The Labute approximate surface area is 252 Å². The molecule has 0 fully saturated rings. The Morgan fingerprint density at radius 3 is 2.21 bits per heavy atom. The molecule has 1 aromatic heterocycles. The van der Waals surface area contributed by atoms with E-state index in [2.05, 4.69) is 22.2 Å². The highest BCUT2D eigenvalue weighted by Crippen LogP contribution is 2.32. The molecule has 2 atom stereocenters. The molecule has 15 heteroatoms. The Morgan fingerprint density at radius 2 is 1.63 bits per heavy atom. The summed E-state index contributed by atoms with van der Waals surface area (Å²) in [6.45, 7) is 9.96. The van der Waals surface area contributed by atoms with Gasteiger partial charge in [0.2, 0.25) is 5.88 Å². The van der Waals surface area contributed by atoms with Crippen LogP contribution in [0.25, 0.3) is 16.6 Å². The van der Waals surface area contributed by atoms with Crippen LogP contribution in [-0.2, 0) is 19.0 Å². The minimum absolute atomic E-state index is 0.130. The van der Waals surface area contributed by atoms with E-state index in [4.69, 9.17) is 21.4 Å². The maximum Gasteiger partial charge on any atom is 0.534 e. The first-order valence-corrected chi connectivity index (χ1v) is 15.0. The summed E-state index contributed by atoms with van der Waals surface area (Å²) in [6.07, 6.45) is 4.02. The van der Waals surface area contributed by atoms with Crippen LogP contribution in [0.4, 0.5) is 22.8 Å². The number of alkyl halides is 3. The number of benzene rings is 1. The van der Waals surface area contributed by atoms with Crippen molar-refractivity contribution in [3.05, 3.63) is 59.1 Å². The van der Waals surface area contributed by atoms with E-state index in [-0.39, 0.29) is 25.0 Å². The lowest BCUT2D eigenvalue weighted by molar-refractivity contribution is -0.0539. The third-order valence-corrected chi connectivity index (χ3v) is 7.39.